The molecule has 4 nitrogen and oxygen atoms in total. The van der Waals surface area contributed by atoms with Crippen molar-refractivity contribution >= 4 is 17.5 Å². The molecule has 0 amide bonds. The van der Waals surface area contributed by atoms with Crippen LogP contribution in [0.2, 0.25) is 0 Å². The van der Waals surface area contributed by atoms with Crippen LogP contribution in [0.1, 0.15) is 5.69 Å². The zero-order valence-electron chi connectivity index (χ0n) is 6.40. The summed E-state index contributed by atoms with van der Waals surface area (Å²) in [6.07, 6.45) is 3.38. The van der Waals surface area contributed by atoms with Gasteiger partial charge in [0, 0.05) is 6.20 Å². The summed E-state index contributed by atoms with van der Waals surface area (Å²) in [6, 6.07) is 3.26. The van der Waals surface area contributed by atoms with E-state index in [4.69, 9.17) is 10.7 Å². The summed E-state index contributed by atoms with van der Waals surface area (Å²) < 4.78 is 0. The van der Waals surface area contributed by atoms with Crippen LogP contribution in [0.5, 0.6) is 0 Å². The molecule has 12 heavy (non-hydrogen) atoms. The lowest BCUT2D eigenvalue weighted by atomic mass is 10.3. The molecule has 1 aromatic heterocycles. The van der Waals surface area contributed by atoms with E-state index in [0.717, 1.165) is 0 Å². The van der Waals surface area contributed by atoms with Crippen LogP contribution in [-0.2, 0) is 0 Å². The minimum Gasteiger partial charge on any atom is -0.288 e. The van der Waals surface area contributed by atoms with Crippen LogP contribution in [0.3, 0.4) is 0 Å². The Balaban J connectivity index is 3.03. The maximum Gasteiger partial charge on any atom is 0.187 e. The normalized spacial score (nSPS) is 9.00. The Labute approximate surface area is 74.2 Å². The number of nitrogens with zero attached hydrogens (tertiary/aromatic N) is 3. The molecule has 5 heteroatoms. The number of rotatable bonds is 2. The molecule has 0 radical (unpaired) electrons. The second-order valence-electron chi connectivity index (χ2n) is 1.92. The second kappa shape index (κ2) is 3.83. The van der Waals surface area contributed by atoms with E-state index in [1.807, 2.05) is 6.26 Å². The smallest absolute Gasteiger partial charge is 0.187 e. The van der Waals surface area contributed by atoms with Crippen molar-refractivity contribution in [2.24, 2.45) is 0 Å². The van der Waals surface area contributed by atoms with E-state index in [9.17, 15) is 0 Å². The average Bonchev–Trinajstić information content (AvgIpc) is 2.17. The van der Waals surface area contributed by atoms with Gasteiger partial charge in [-0.3, -0.25) is 5.41 Å². The number of nitrogens with one attached hydrogen (secondary N) is 1. The summed E-state index contributed by atoms with van der Waals surface area (Å²) in [7, 11) is 0. The van der Waals surface area contributed by atoms with Gasteiger partial charge >= 0.3 is 0 Å². The molecule has 0 spiro atoms. The van der Waals surface area contributed by atoms with Crippen LogP contribution in [0, 0.1) is 16.7 Å². The molecule has 0 aliphatic carbocycles. The van der Waals surface area contributed by atoms with E-state index < -0.39 is 0 Å². The van der Waals surface area contributed by atoms with Gasteiger partial charge in [-0.05, 0) is 12.3 Å². The monoisotopic (exact) mass is 178 g/mol. The Morgan fingerprint density at radius 2 is 2.50 bits per heavy atom. The molecule has 60 valence electrons. The highest BCUT2D eigenvalue weighted by molar-refractivity contribution is 7.98. The predicted octanol–water partition coefficient (Wildman–Crippen LogP) is 1.09. The molecule has 0 atom stereocenters. The molecular weight excluding hydrogens is 172 g/mol. The van der Waals surface area contributed by atoms with Gasteiger partial charge in [-0.15, -0.1) is 0 Å². The van der Waals surface area contributed by atoms with Crippen molar-refractivity contribution < 1.29 is 0 Å². The molecule has 0 aromatic carbocycles. The number of thioether (sulfide) groups is 1. The lowest BCUT2D eigenvalue weighted by Gasteiger charge is -1.96. The summed E-state index contributed by atoms with van der Waals surface area (Å²) in [5.74, 6) is 0. The van der Waals surface area contributed by atoms with Crippen molar-refractivity contribution in [1.82, 2.24) is 9.97 Å². The van der Waals surface area contributed by atoms with Crippen LogP contribution in [-0.4, -0.2) is 21.9 Å². The lowest BCUT2D eigenvalue weighted by molar-refractivity contribution is 0.960. The molecule has 0 saturated heterocycles. The Bertz CT molecular complexity index is 342. The second-order valence-corrected chi connectivity index (χ2v) is 2.69. The van der Waals surface area contributed by atoms with Gasteiger partial charge in [0.15, 0.2) is 10.9 Å². The Morgan fingerprint density at radius 1 is 1.75 bits per heavy atom. The van der Waals surface area contributed by atoms with Gasteiger partial charge in [0.05, 0.1) is 0 Å². The van der Waals surface area contributed by atoms with Crippen LogP contribution < -0.4 is 0 Å². The first-order chi connectivity index (χ1) is 5.77. The van der Waals surface area contributed by atoms with Crippen molar-refractivity contribution in [2.45, 2.75) is 5.16 Å². The molecule has 0 unspecified atom stereocenters. The first-order valence-corrected chi connectivity index (χ1v) is 4.36. The van der Waals surface area contributed by atoms with Gasteiger partial charge in [-0.25, -0.2) is 9.97 Å². The van der Waals surface area contributed by atoms with Gasteiger partial charge in [-0.2, -0.15) is 5.26 Å². The minimum absolute atomic E-state index is 0.132. The summed E-state index contributed by atoms with van der Waals surface area (Å²) in [5, 5.41) is 16.2. The van der Waals surface area contributed by atoms with Crippen LogP contribution >= 0.6 is 11.8 Å². The first-order valence-electron chi connectivity index (χ1n) is 3.14. The third-order valence-corrected chi connectivity index (χ3v) is 1.75. The summed E-state index contributed by atoms with van der Waals surface area (Å²) in [6.45, 7) is 0. The molecule has 0 aliphatic rings. The fourth-order valence-corrected chi connectivity index (χ4v) is 0.992. The molecule has 1 rings (SSSR count). The molecule has 0 aliphatic heterocycles. The van der Waals surface area contributed by atoms with Gasteiger partial charge in [0.1, 0.15) is 11.8 Å². The number of hydrogen-bond acceptors (Lipinski definition) is 5. The standard InChI is InChI=1S/C7H6N4S/c1-12-7-10-3-2-6(11-7)5(9)4-8/h2-3,9H,1H3. The topological polar surface area (TPSA) is 73.4 Å². The van der Waals surface area contributed by atoms with Crippen molar-refractivity contribution in [3.63, 3.8) is 0 Å². The number of nitriles is 1. The Kier molecular flexibility index (Phi) is 2.77. The van der Waals surface area contributed by atoms with Gasteiger partial charge in [0.2, 0.25) is 0 Å². The molecule has 0 bridgehead atoms. The summed E-state index contributed by atoms with van der Waals surface area (Å²) in [4.78, 5) is 7.89. The number of hydrogen-bond donors (Lipinski definition) is 1. The van der Waals surface area contributed by atoms with E-state index in [0.29, 0.717) is 10.9 Å². The highest BCUT2D eigenvalue weighted by atomic mass is 32.2. The summed E-state index contributed by atoms with van der Waals surface area (Å²) >= 11 is 1.38. The molecule has 0 saturated carbocycles. The fraction of sp³-hybridized carbons (Fsp3) is 0.143. The van der Waals surface area contributed by atoms with E-state index in [1.165, 1.54) is 11.8 Å². The van der Waals surface area contributed by atoms with E-state index in [-0.39, 0.29) is 5.71 Å². The van der Waals surface area contributed by atoms with Crippen molar-refractivity contribution in [1.29, 1.82) is 10.7 Å². The SMILES string of the molecule is CSc1nccc(C(=N)C#N)n1. The molecule has 0 fully saturated rings. The summed E-state index contributed by atoms with van der Waals surface area (Å²) in [5.41, 5.74) is 0.240. The fourth-order valence-electron chi connectivity index (χ4n) is 0.636. The third-order valence-electron chi connectivity index (χ3n) is 1.18. The largest absolute Gasteiger partial charge is 0.288 e. The van der Waals surface area contributed by atoms with E-state index in [2.05, 4.69) is 9.97 Å². The Morgan fingerprint density at radius 3 is 3.08 bits per heavy atom. The third kappa shape index (κ3) is 1.80. The lowest BCUT2D eigenvalue weighted by Crippen LogP contribution is -2.00. The Hall–Kier alpha value is -1.41. The van der Waals surface area contributed by atoms with Crippen LogP contribution in [0.25, 0.3) is 0 Å². The average molecular weight is 178 g/mol. The number of aromatic nitrogens is 2. The van der Waals surface area contributed by atoms with Crippen molar-refractivity contribution in [3.8, 4) is 6.07 Å². The predicted molar refractivity (Wildman–Crippen MR) is 46.3 cm³/mol. The van der Waals surface area contributed by atoms with Gasteiger partial charge < -0.3 is 0 Å². The maximum absolute atomic E-state index is 8.41. The quantitative estimate of drug-likeness (QED) is 0.418. The van der Waals surface area contributed by atoms with Crippen molar-refractivity contribution in [3.05, 3.63) is 18.0 Å². The molecule has 1 heterocycles. The first kappa shape index (κ1) is 8.68. The van der Waals surface area contributed by atoms with Crippen molar-refractivity contribution in [2.75, 3.05) is 6.26 Å². The molecular formula is C7H6N4S. The van der Waals surface area contributed by atoms with Crippen LogP contribution in [0.4, 0.5) is 0 Å². The van der Waals surface area contributed by atoms with Crippen LogP contribution in [0.15, 0.2) is 17.4 Å². The van der Waals surface area contributed by atoms with E-state index in [1.54, 1.807) is 18.3 Å². The molecule has 1 N–H and O–H groups in total. The van der Waals surface area contributed by atoms with Gasteiger partial charge in [0.25, 0.3) is 0 Å². The maximum atomic E-state index is 8.41. The van der Waals surface area contributed by atoms with E-state index >= 15 is 0 Å². The van der Waals surface area contributed by atoms with Gasteiger partial charge in [-0.1, -0.05) is 11.8 Å². The molecule has 1 aromatic rings. The zero-order valence-corrected chi connectivity index (χ0v) is 7.22. The minimum atomic E-state index is -0.132. The zero-order chi connectivity index (χ0) is 8.97. The highest BCUT2D eigenvalue weighted by Gasteiger charge is 2.02. The highest BCUT2D eigenvalue weighted by Crippen LogP contribution is 2.07.